The van der Waals surface area contributed by atoms with Gasteiger partial charge in [-0.3, -0.25) is 19.5 Å². The van der Waals surface area contributed by atoms with Gasteiger partial charge in [0.05, 0.1) is 30.1 Å². The number of nitrogens with one attached hydrogen (secondary N) is 3. The number of nitrogens with zero attached hydrogens (tertiary/aromatic N) is 4. The lowest BCUT2D eigenvalue weighted by atomic mass is 10.0. The lowest BCUT2D eigenvalue weighted by Gasteiger charge is -2.19. The molecule has 2 aromatic carbocycles. The van der Waals surface area contributed by atoms with E-state index in [0.717, 1.165) is 11.3 Å². The molecule has 0 spiro atoms. The zero-order valence-corrected chi connectivity index (χ0v) is 25.8. The largest absolute Gasteiger partial charge is 0.494 e. The van der Waals surface area contributed by atoms with Crippen LogP contribution in [0.5, 0.6) is 5.75 Å². The first-order valence-electron chi connectivity index (χ1n) is 14.4. The van der Waals surface area contributed by atoms with Crippen LogP contribution in [0.3, 0.4) is 0 Å². The number of nitrogens with two attached hydrogens (primary N) is 3. The highest BCUT2D eigenvalue weighted by Gasteiger charge is 2.19. The molecule has 10 N–H and O–H groups in total. The Morgan fingerprint density at radius 1 is 1.22 bits per heavy atom. The van der Waals surface area contributed by atoms with Crippen molar-refractivity contribution in [3.05, 3.63) is 70.9 Å². The Hall–Kier alpha value is -4.50. The normalized spacial score (nSPS) is 12.5. The van der Waals surface area contributed by atoms with Gasteiger partial charge in [-0.25, -0.2) is 14.4 Å². The number of benzene rings is 2. The van der Waals surface area contributed by atoms with Crippen LogP contribution in [0.4, 0.5) is 15.9 Å². The summed E-state index contributed by atoms with van der Waals surface area (Å²) in [7, 11) is 1.38. The Morgan fingerprint density at radius 3 is 2.76 bits per heavy atom. The first kappa shape index (κ1) is 33.4. The van der Waals surface area contributed by atoms with Crippen molar-refractivity contribution in [3.63, 3.8) is 0 Å². The number of aliphatic imine (C=N–C) groups is 1. The number of ether oxygens (including phenoxy) is 1. The minimum absolute atomic E-state index is 0.00400. The number of fused-ring (bicyclic) bond motifs is 1. The number of anilines is 2. The SMILES string of the molecule is CCc1cc(Nc2nccn3c(-c4ccc(OC)c(F)c4Cl)cnc23)ccc1C(O)NCCNC(=O)C(N)CCCN=C(N)N. The number of imidazole rings is 1. The Kier molecular flexibility index (Phi) is 11.5. The van der Waals surface area contributed by atoms with Gasteiger partial charge in [-0.05, 0) is 54.7 Å². The number of amides is 1. The Bertz CT molecular complexity index is 1660. The molecule has 45 heavy (non-hydrogen) atoms. The van der Waals surface area contributed by atoms with Gasteiger partial charge in [0.1, 0.15) is 6.23 Å². The average Bonchev–Trinajstić information content (AvgIpc) is 3.47. The molecule has 15 heteroatoms. The predicted molar refractivity (Wildman–Crippen MR) is 173 cm³/mol. The topological polar surface area (TPSA) is 203 Å². The maximum absolute atomic E-state index is 14.6. The van der Waals surface area contributed by atoms with E-state index in [4.69, 9.17) is 33.5 Å². The van der Waals surface area contributed by atoms with Crippen molar-refractivity contribution in [3.8, 4) is 17.0 Å². The number of carbonyl (C=O) groups excluding carboxylic acids is 1. The van der Waals surface area contributed by atoms with E-state index in [9.17, 15) is 14.3 Å². The second-order valence-electron chi connectivity index (χ2n) is 10.2. The van der Waals surface area contributed by atoms with Crippen molar-refractivity contribution in [1.82, 2.24) is 25.0 Å². The number of guanidine groups is 1. The molecular weight excluding hydrogens is 603 g/mol. The number of aromatic nitrogens is 3. The first-order valence-corrected chi connectivity index (χ1v) is 14.8. The third-order valence-electron chi connectivity index (χ3n) is 7.12. The van der Waals surface area contributed by atoms with Gasteiger partial charge in [-0.2, -0.15) is 0 Å². The van der Waals surface area contributed by atoms with Crippen LogP contribution >= 0.6 is 11.6 Å². The van der Waals surface area contributed by atoms with E-state index in [1.165, 1.54) is 13.2 Å². The summed E-state index contributed by atoms with van der Waals surface area (Å²) in [6, 6.07) is 8.09. The minimum atomic E-state index is -0.954. The molecule has 0 saturated heterocycles. The predicted octanol–water partition coefficient (Wildman–Crippen LogP) is 2.58. The number of aryl methyl sites for hydroxylation is 1. The molecule has 4 rings (SSSR count). The van der Waals surface area contributed by atoms with Gasteiger partial charge in [0.25, 0.3) is 0 Å². The summed E-state index contributed by atoms with van der Waals surface area (Å²) in [6.45, 7) is 3.01. The molecule has 1 amide bonds. The second-order valence-corrected chi connectivity index (χ2v) is 10.5. The molecule has 2 aromatic heterocycles. The first-order chi connectivity index (χ1) is 21.6. The minimum Gasteiger partial charge on any atom is -0.494 e. The number of aliphatic hydroxyl groups excluding tert-OH is 1. The van der Waals surface area contributed by atoms with Gasteiger partial charge in [0.15, 0.2) is 29.0 Å². The van der Waals surface area contributed by atoms with Crippen LogP contribution in [-0.2, 0) is 11.2 Å². The van der Waals surface area contributed by atoms with Crippen LogP contribution < -0.4 is 37.9 Å². The number of rotatable bonds is 15. The Morgan fingerprint density at radius 2 is 2.02 bits per heavy atom. The van der Waals surface area contributed by atoms with Crippen LogP contribution in [0.15, 0.2) is 53.9 Å². The van der Waals surface area contributed by atoms with Crippen molar-refractivity contribution in [2.75, 3.05) is 32.1 Å². The van der Waals surface area contributed by atoms with Gasteiger partial charge < -0.3 is 37.7 Å². The third kappa shape index (κ3) is 8.16. The maximum atomic E-state index is 14.6. The molecule has 240 valence electrons. The monoisotopic (exact) mass is 640 g/mol. The summed E-state index contributed by atoms with van der Waals surface area (Å²) in [5.41, 5.74) is 20.4. The van der Waals surface area contributed by atoms with Gasteiger partial charge in [-0.1, -0.05) is 24.6 Å². The van der Waals surface area contributed by atoms with E-state index in [1.54, 1.807) is 29.1 Å². The van der Waals surface area contributed by atoms with Crippen LogP contribution in [-0.4, -0.2) is 64.1 Å². The number of hydrogen-bond acceptors (Lipinski definition) is 9. The Balaban J connectivity index is 1.38. The fourth-order valence-corrected chi connectivity index (χ4v) is 5.03. The van der Waals surface area contributed by atoms with E-state index >= 15 is 0 Å². The van der Waals surface area contributed by atoms with E-state index in [2.05, 4.69) is 30.9 Å². The quantitative estimate of drug-likeness (QED) is 0.0438. The van der Waals surface area contributed by atoms with Crippen molar-refractivity contribution in [2.45, 2.75) is 38.5 Å². The zero-order chi connectivity index (χ0) is 32.5. The highest BCUT2D eigenvalue weighted by molar-refractivity contribution is 6.33. The lowest BCUT2D eigenvalue weighted by Crippen LogP contribution is -2.43. The standard InChI is InChI=1S/C30H38ClFN10O3/c1-3-17-15-18(6-7-19(17)28(43)37-11-12-38-29(44)21(33)5-4-10-39-30(34)35)41-26-27-40-16-22(42(27)14-13-36-26)20-8-9-23(45-2)25(32)24(20)31/h6-9,13-16,21,28,37,43H,3-5,10-12,33H2,1-2H3,(H,36,41)(H,38,44)(H4,34,35,39). The van der Waals surface area contributed by atoms with Crippen molar-refractivity contribution >= 4 is 40.6 Å². The fourth-order valence-electron chi connectivity index (χ4n) is 4.77. The number of methoxy groups -OCH3 is 1. The van der Waals surface area contributed by atoms with Crippen LogP contribution in [0, 0.1) is 5.82 Å². The lowest BCUT2D eigenvalue weighted by molar-refractivity contribution is -0.122. The maximum Gasteiger partial charge on any atom is 0.236 e. The molecule has 4 aromatic rings. The summed E-state index contributed by atoms with van der Waals surface area (Å²) >= 11 is 6.32. The van der Waals surface area contributed by atoms with Crippen molar-refractivity contribution in [2.24, 2.45) is 22.2 Å². The molecule has 2 unspecified atom stereocenters. The molecule has 0 fully saturated rings. The second kappa shape index (κ2) is 15.5. The Labute approximate surface area is 265 Å². The van der Waals surface area contributed by atoms with E-state index in [1.807, 2.05) is 25.1 Å². The zero-order valence-electron chi connectivity index (χ0n) is 25.1. The van der Waals surface area contributed by atoms with Crippen LogP contribution in [0.2, 0.25) is 5.02 Å². The van der Waals surface area contributed by atoms with Gasteiger partial charge in [0, 0.05) is 43.3 Å². The average molecular weight is 641 g/mol. The van der Waals surface area contributed by atoms with Crippen LogP contribution in [0.25, 0.3) is 16.9 Å². The molecule has 0 aliphatic carbocycles. The summed E-state index contributed by atoms with van der Waals surface area (Å²) in [6.07, 6.45) is 5.66. The van der Waals surface area contributed by atoms with Crippen molar-refractivity contribution < 1.29 is 19.0 Å². The highest BCUT2D eigenvalue weighted by Crippen LogP contribution is 2.36. The third-order valence-corrected chi connectivity index (χ3v) is 7.49. The smallest absolute Gasteiger partial charge is 0.236 e. The van der Waals surface area contributed by atoms with E-state index in [0.29, 0.717) is 60.6 Å². The number of carbonyl (C=O) groups is 1. The van der Waals surface area contributed by atoms with Gasteiger partial charge in [-0.15, -0.1) is 0 Å². The molecule has 13 nitrogen and oxygen atoms in total. The van der Waals surface area contributed by atoms with E-state index in [-0.39, 0.29) is 29.2 Å². The highest BCUT2D eigenvalue weighted by atomic mass is 35.5. The van der Waals surface area contributed by atoms with Crippen molar-refractivity contribution in [1.29, 1.82) is 0 Å². The van der Waals surface area contributed by atoms with Crippen LogP contribution in [0.1, 0.15) is 37.1 Å². The summed E-state index contributed by atoms with van der Waals surface area (Å²) in [5.74, 6) is -0.397. The summed E-state index contributed by atoms with van der Waals surface area (Å²) < 4.78 is 21.4. The molecule has 2 heterocycles. The molecule has 0 radical (unpaired) electrons. The number of aliphatic hydroxyl groups is 1. The molecular formula is C30H38ClFN10O3. The number of hydrogen-bond donors (Lipinski definition) is 7. The molecule has 0 aliphatic heterocycles. The summed E-state index contributed by atoms with van der Waals surface area (Å²) in [4.78, 5) is 25.1. The fraction of sp³-hybridized carbons (Fsp3) is 0.333. The molecule has 0 aliphatic rings. The van der Waals surface area contributed by atoms with Gasteiger partial charge in [0.2, 0.25) is 5.91 Å². The van der Waals surface area contributed by atoms with Gasteiger partial charge >= 0.3 is 0 Å². The number of halogens is 2. The molecule has 2 atom stereocenters. The van der Waals surface area contributed by atoms with E-state index < -0.39 is 18.1 Å². The summed E-state index contributed by atoms with van der Waals surface area (Å²) in [5, 5.41) is 19.8. The molecule has 0 bridgehead atoms. The molecule has 0 saturated carbocycles.